The Morgan fingerprint density at radius 3 is 2.17 bits per heavy atom. The average molecular weight is 569 g/mol. The number of aliphatic imine (C=N–C) groups is 1. The molecule has 7 nitrogen and oxygen atoms in total. The van der Waals surface area contributed by atoms with Gasteiger partial charge in [0.05, 0.1) is 0 Å². The summed E-state index contributed by atoms with van der Waals surface area (Å²) < 4.78 is 61.6. The number of halogens is 4. The highest BCUT2D eigenvalue weighted by Gasteiger charge is 2.50. The van der Waals surface area contributed by atoms with Crippen LogP contribution < -0.4 is 5.32 Å². The van der Waals surface area contributed by atoms with Crippen LogP contribution in [0.5, 0.6) is 0 Å². The molecule has 2 rings (SSSR count). The molecule has 1 atom stereocenters. The molecule has 0 radical (unpaired) electrons. The van der Waals surface area contributed by atoms with E-state index in [9.17, 15) is 21.6 Å². The van der Waals surface area contributed by atoms with E-state index in [-0.39, 0.29) is 43.0 Å². The number of hydrogen-bond donors (Lipinski definition) is 1. The number of sulfonamides is 1. The van der Waals surface area contributed by atoms with Gasteiger partial charge >= 0.3 is 15.5 Å². The Balaban J connectivity index is 0.00000450. The number of hydrogen-bond acceptors (Lipinski definition) is 4. The highest BCUT2D eigenvalue weighted by molar-refractivity contribution is 14.0. The number of guanidine groups is 1. The van der Waals surface area contributed by atoms with E-state index in [1.807, 2.05) is 0 Å². The van der Waals surface area contributed by atoms with Crippen LogP contribution in [0.2, 0.25) is 0 Å². The lowest BCUT2D eigenvalue weighted by Crippen LogP contribution is -2.47. The van der Waals surface area contributed by atoms with Crippen molar-refractivity contribution in [3.05, 3.63) is 0 Å². The lowest BCUT2D eigenvalue weighted by Gasteiger charge is -2.32. The van der Waals surface area contributed by atoms with E-state index in [1.54, 1.807) is 7.05 Å². The summed E-state index contributed by atoms with van der Waals surface area (Å²) in [6.45, 7) is 9.78. The van der Waals surface area contributed by atoms with Gasteiger partial charge in [-0.25, -0.2) is 8.42 Å². The third kappa shape index (κ3) is 7.09. The van der Waals surface area contributed by atoms with Gasteiger partial charge in [-0.05, 0) is 44.2 Å². The quantitative estimate of drug-likeness (QED) is 0.290. The van der Waals surface area contributed by atoms with E-state index in [0.29, 0.717) is 29.6 Å². The predicted molar refractivity (Wildman–Crippen MR) is 124 cm³/mol. The maximum Gasteiger partial charge on any atom is 0.511 e. The van der Waals surface area contributed by atoms with E-state index >= 15 is 0 Å². The summed E-state index contributed by atoms with van der Waals surface area (Å²) in [7, 11) is -3.48. The summed E-state index contributed by atoms with van der Waals surface area (Å²) in [5.74, 6) is 1.54. The van der Waals surface area contributed by atoms with Crippen molar-refractivity contribution >= 4 is 40.0 Å². The zero-order chi connectivity index (χ0) is 21.7. The van der Waals surface area contributed by atoms with Crippen LogP contribution in [0.3, 0.4) is 0 Å². The van der Waals surface area contributed by atoms with Crippen molar-refractivity contribution in [2.75, 3.05) is 59.4 Å². The Kier molecular flexibility index (Phi) is 11.1. The molecular weight excluding hydrogens is 534 g/mol. The first-order chi connectivity index (χ1) is 13.6. The smallest absolute Gasteiger partial charge is 0.356 e. The Labute approximate surface area is 195 Å². The summed E-state index contributed by atoms with van der Waals surface area (Å²) >= 11 is 0. The number of nitrogens with zero attached hydrogens (tertiary/aromatic N) is 4. The minimum absolute atomic E-state index is 0. The number of piperidine rings is 1. The molecule has 2 aliphatic rings. The molecule has 1 unspecified atom stereocenters. The molecule has 2 saturated heterocycles. The van der Waals surface area contributed by atoms with Gasteiger partial charge in [0.15, 0.2) is 5.96 Å². The summed E-state index contributed by atoms with van der Waals surface area (Å²) in [6.07, 6.45) is 1.93. The van der Waals surface area contributed by atoms with Gasteiger partial charge < -0.3 is 15.1 Å². The molecule has 0 aliphatic carbocycles. The zero-order valence-corrected chi connectivity index (χ0v) is 21.1. The van der Waals surface area contributed by atoms with Gasteiger partial charge in [-0.15, -0.1) is 24.0 Å². The molecule has 12 heteroatoms. The van der Waals surface area contributed by atoms with Crippen LogP contribution in [-0.4, -0.2) is 93.4 Å². The first kappa shape index (κ1) is 27.7. The van der Waals surface area contributed by atoms with Gasteiger partial charge in [-0.1, -0.05) is 13.8 Å². The van der Waals surface area contributed by atoms with E-state index < -0.39 is 15.5 Å². The number of nitrogens with one attached hydrogen (secondary N) is 1. The third-order valence-corrected chi connectivity index (χ3v) is 7.59. The molecule has 2 heterocycles. The SMILES string of the molecule is CCN(CC)CC1CCN(C(=NC)NCC2CCN(S(=O)(=O)C(F)(F)F)CC2)C1.I. The summed E-state index contributed by atoms with van der Waals surface area (Å²) in [4.78, 5) is 9.01. The number of likely N-dealkylation sites (tertiary alicyclic amines) is 1. The van der Waals surface area contributed by atoms with Gasteiger partial charge in [0, 0.05) is 46.3 Å². The normalized spacial score (nSPS) is 22.4. The monoisotopic (exact) mass is 569 g/mol. The lowest BCUT2D eigenvalue weighted by molar-refractivity contribution is -0.0496. The Hall–Kier alpha value is -0.340. The second kappa shape index (κ2) is 12.0. The van der Waals surface area contributed by atoms with Crippen LogP contribution in [0.15, 0.2) is 4.99 Å². The van der Waals surface area contributed by atoms with E-state index in [1.165, 1.54) is 0 Å². The largest absolute Gasteiger partial charge is 0.511 e. The fraction of sp³-hybridized carbons (Fsp3) is 0.944. The molecule has 178 valence electrons. The third-order valence-electron chi connectivity index (χ3n) is 5.96. The van der Waals surface area contributed by atoms with E-state index in [2.05, 4.69) is 34.0 Å². The minimum atomic E-state index is -5.22. The highest BCUT2D eigenvalue weighted by atomic mass is 127. The molecule has 2 aliphatic heterocycles. The van der Waals surface area contributed by atoms with Crippen molar-refractivity contribution in [1.29, 1.82) is 0 Å². The predicted octanol–water partition coefficient (Wildman–Crippen LogP) is 2.41. The van der Waals surface area contributed by atoms with Crippen molar-refractivity contribution < 1.29 is 21.6 Å². The van der Waals surface area contributed by atoms with Gasteiger partial charge in [0.2, 0.25) is 0 Å². The molecular formula is C18H35F3IN5O2S. The Bertz CT molecular complexity index is 651. The molecule has 0 amide bonds. The summed E-state index contributed by atoms with van der Waals surface area (Å²) in [5, 5.41) is 3.34. The topological polar surface area (TPSA) is 68.2 Å². The molecule has 0 aromatic rings. The second-order valence-corrected chi connectivity index (χ2v) is 9.74. The standard InChI is InChI=1S/C18H34F3N5O2S.HI/c1-4-24(5-2)13-16-6-9-25(14-16)17(22-3)23-12-15-7-10-26(11-8-15)29(27,28)18(19,20)21;/h15-16H,4-14H2,1-3H3,(H,22,23);1H. The van der Waals surface area contributed by atoms with Crippen molar-refractivity contribution in [2.45, 2.75) is 38.6 Å². The van der Waals surface area contributed by atoms with Gasteiger partial charge in [-0.3, -0.25) is 4.99 Å². The average Bonchev–Trinajstić information content (AvgIpc) is 3.14. The molecule has 0 bridgehead atoms. The number of alkyl halides is 3. The second-order valence-electron chi connectivity index (χ2n) is 7.81. The molecule has 0 spiro atoms. The van der Waals surface area contributed by atoms with Gasteiger partial charge in [-0.2, -0.15) is 17.5 Å². The first-order valence-electron chi connectivity index (χ1n) is 10.4. The van der Waals surface area contributed by atoms with Crippen molar-refractivity contribution in [1.82, 2.24) is 19.4 Å². The van der Waals surface area contributed by atoms with Crippen LogP contribution >= 0.6 is 24.0 Å². The van der Waals surface area contributed by atoms with Crippen LogP contribution in [-0.2, 0) is 10.0 Å². The first-order valence-corrected chi connectivity index (χ1v) is 11.8. The van der Waals surface area contributed by atoms with Crippen LogP contribution in [0.1, 0.15) is 33.1 Å². The van der Waals surface area contributed by atoms with Gasteiger partial charge in [0.25, 0.3) is 0 Å². The lowest BCUT2D eigenvalue weighted by atomic mass is 9.98. The van der Waals surface area contributed by atoms with Crippen molar-refractivity contribution in [3.8, 4) is 0 Å². The Morgan fingerprint density at radius 1 is 1.10 bits per heavy atom. The minimum Gasteiger partial charge on any atom is -0.356 e. The van der Waals surface area contributed by atoms with Crippen molar-refractivity contribution in [3.63, 3.8) is 0 Å². The molecule has 2 fully saturated rings. The fourth-order valence-electron chi connectivity index (χ4n) is 4.09. The van der Waals surface area contributed by atoms with Crippen LogP contribution in [0, 0.1) is 11.8 Å². The van der Waals surface area contributed by atoms with Crippen molar-refractivity contribution in [2.24, 2.45) is 16.8 Å². The summed E-state index contributed by atoms with van der Waals surface area (Å²) in [6, 6.07) is 0. The Morgan fingerprint density at radius 2 is 1.67 bits per heavy atom. The maximum absolute atomic E-state index is 12.7. The highest BCUT2D eigenvalue weighted by Crippen LogP contribution is 2.30. The molecule has 0 aromatic carbocycles. The zero-order valence-electron chi connectivity index (χ0n) is 18.0. The van der Waals surface area contributed by atoms with Crippen LogP contribution in [0.4, 0.5) is 13.2 Å². The fourth-order valence-corrected chi connectivity index (χ4v) is 5.07. The molecule has 0 aromatic heterocycles. The van der Waals surface area contributed by atoms with E-state index in [0.717, 1.165) is 45.1 Å². The van der Waals surface area contributed by atoms with E-state index in [4.69, 9.17) is 0 Å². The summed E-state index contributed by atoms with van der Waals surface area (Å²) in [5.41, 5.74) is -5.22. The molecule has 30 heavy (non-hydrogen) atoms. The maximum atomic E-state index is 12.7. The molecule has 0 saturated carbocycles. The molecule has 1 N–H and O–H groups in total. The number of rotatable bonds is 7. The van der Waals surface area contributed by atoms with Crippen LogP contribution in [0.25, 0.3) is 0 Å². The van der Waals surface area contributed by atoms with Gasteiger partial charge in [0.1, 0.15) is 0 Å².